The first-order valence-electron chi connectivity index (χ1n) is 5.83. The molecule has 2 heterocycles. The Morgan fingerprint density at radius 2 is 2.22 bits per heavy atom. The summed E-state index contributed by atoms with van der Waals surface area (Å²) < 4.78 is 0. The third-order valence-electron chi connectivity index (χ3n) is 3.21. The number of nitrogens with two attached hydrogens (primary N) is 2. The predicted octanol–water partition coefficient (Wildman–Crippen LogP) is 0.722. The predicted molar refractivity (Wildman–Crippen MR) is 70.3 cm³/mol. The van der Waals surface area contributed by atoms with Crippen LogP contribution in [0.4, 0.5) is 11.5 Å². The first-order valence-corrected chi connectivity index (χ1v) is 6.20. The van der Waals surface area contributed by atoms with Gasteiger partial charge in [0.25, 0.3) is 0 Å². The maximum absolute atomic E-state index is 11.3. The molecule has 1 fully saturated rings. The molecule has 1 saturated heterocycles. The van der Waals surface area contributed by atoms with Gasteiger partial charge in [-0.25, -0.2) is 4.98 Å². The Balaban J connectivity index is 2.28. The topological polar surface area (TPSA) is 98.1 Å². The average Bonchev–Trinajstić information content (AvgIpc) is 2.34. The second-order valence-corrected chi connectivity index (χ2v) is 4.84. The van der Waals surface area contributed by atoms with Gasteiger partial charge in [-0.15, -0.1) is 0 Å². The largest absolute Gasteiger partial charge is 0.394 e. The number of anilines is 2. The van der Waals surface area contributed by atoms with Crippen LogP contribution in [0.25, 0.3) is 0 Å². The molecule has 4 N–H and O–H groups in total. The van der Waals surface area contributed by atoms with Crippen molar-refractivity contribution in [1.82, 2.24) is 9.97 Å². The maximum Gasteiger partial charge on any atom is 0.224 e. The Morgan fingerprint density at radius 1 is 1.50 bits per heavy atom. The van der Waals surface area contributed by atoms with Crippen molar-refractivity contribution in [3.8, 4) is 0 Å². The summed E-state index contributed by atoms with van der Waals surface area (Å²) >= 11 is 5.84. The van der Waals surface area contributed by atoms with E-state index in [1.54, 1.807) is 6.92 Å². The second-order valence-electron chi connectivity index (χ2n) is 4.50. The van der Waals surface area contributed by atoms with Gasteiger partial charge in [0.15, 0.2) is 5.82 Å². The fourth-order valence-electron chi connectivity index (χ4n) is 2.18. The molecule has 6 nitrogen and oxygen atoms in total. The quantitative estimate of drug-likeness (QED) is 0.771. The summed E-state index contributed by atoms with van der Waals surface area (Å²) in [5.74, 6) is 0.154. The first-order chi connectivity index (χ1) is 8.49. The van der Waals surface area contributed by atoms with Gasteiger partial charge in [-0.2, -0.15) is 4.98 Å². The maximum atomic E-state index is 11.3. The molecule has 1 aromatic rings. The van der Waals surface area contributed by atoms with Crippen LogP contribution in [0.5, 0.6) is 0 Å². The smallest absolute Gasteiger partial charge is 0.224 e. The summed E-state index contributed by atoms with van der Waals surface area (Å²) in [5.41, 5.74) is 12.5. The normalized spacial score (nSPS) is 19.9. The lowest BCUT2D eigenvalue weighted by Gasteiger charge is -2.32. The number of primary amides is 1. The minimum Gasteiger partial charge on any atom is -0.394 e. The Morgan fingerprint density at radius 3 is 2.89 bits per heavy atom. The SMILES string of the molecule is Cc1nc(Cl)nc(N2CCCC(C(N)=O)C2)c1N. The zero-order chi connectivity index (χ0) is 13.3. The van der Waals surface area contributed by atoms with Gasteiger partial charge in [-0.1, -0.05) is 0 Å². The highest BCUT2D eigenvalue weighted by Gasteiger charge is 2.26. The molecule has 1 aliphatic heterocycles. The van der Waals surface area contributed by atoms with Gasteiger partial charge in [0.05, 0.1) is 17.3 Å². The summed E-state index contributed by atoms with van der Waals surface area (Å²) in [6, 6.07) is 0. The number of nitrogen functional groups attached to an aromatic ring is 1. The van der Waals surface area contributed by atoms with Gasteiger partial charge in [-0.3, -0.25) is 4.79 Å². The first kappa shape index (κ1) is 12.9. The number of nitrogens with zero attached hydrogens (tertiary/aromatic N) is 3. The zero-order valence-electron chi connectivity index (χ0n) is 10.2. The lowest BCUT2D eigenvalue weighted by molar-refractivity contribution is -0.122. The van der Waals surface area contributed by atoms with E-state index >= 15 is 0 Å². The molecule has 2 rings (SSSR count). The van der Waals surface area contributed by atoms with Crippen molar-refractivity contribution in [1.29, 1.82) is 0 Å². The Labute approximate surface area is 110 Å². The van der Waals surface area contributed by atoms with Gasteiger partial charge >= 0.3 is 0 Å². The molecule has 0 aromatic carbocycles. The lowest BCUT2D eigenvalue weighted by atomic mass is 9.97. The molecule has 1 unspecified atom stereocenters. The molecule has 0 saturated carbocycles. The van der Waals surface area contributed by atoms with E-state index in [9.17, 15) is 4.79 Å². The van der Waals surface area contributed by atoms with Crippen LogP contribution in [0.15, 0.2) is 0 Å². The highest BCUT2D eigenvalue weighted by atomic mass is 35.5. The molecular formula is C11H16ClN5O. The molecule has 1 atom stereocenters. The van der Waals surface area contributed by atoms with Crippen LogP contribution in [-0.2, 0) is 4.79 Å². The number of hydrogen-bond acceptors (Lipinski definition) is 5. The number of amides is 1. The molecule has 0 aliphatic carbocycles. The molecular weight excluding hydrogens is 254 g/mol. The van der Waals surface area contributed by atoms with E-state index in [-0.39, 0.29) is 17.1 Å². The Hall–Kier alpha value is -1.56. The number of piperidine rings is 1. The van der Waals surface area contributed by atoms with Gasteiger partial charge in [0, 0.05) is 13.1 Å². The monoisotopic (exact) mass is 269 g/mol. The van der Waals surface area contributed by atoms with E-state index in [0.717, 1.165) is 19.4 Å². The van der Waals surface area contributed by atoms with Crippen molar-refractivity contribution >= 4 is 29.0 Å². The van der Waals surface area contributed by atoms with Crippen LogP contribution in [0.3, 0.4) is 0 Å². The van der Waals surface area contributed by atoms with Crippen LogP contribution in [0.1, 0.15) is 18.5 Å². The molecule has 1 aliphatic rings. The molecule has 1 amide bonds. The third-order valence-corrected chi connectivity index (χ3v) is 3.38. The molecule has 98 valence electrons. The minimum absolute atomic E-state index is 0.160. The molecule has 18 heavy (non-hydrogen) atoms. The van der Waals surface area contributed by atoms with Crippen LogP contribution >= 0.6 is 11.6 Å². The highest BCUT2D eigenvalue weighted by molar-refractivity contribution is 6.28. The number of hydrogen-bond donors (Lipinski definition) is 2. The summed E-state index contributed by atoms with van der Waals surface area (Å²) in [6.07, 6.45) is 1.69. The fourth-order valence-corrected chi connectivity index (χ4v) is 2.38. The van der Waals surface area contributed by atoms with Gasteiger partial charge < -0.3 is 16.4 Å². The Bertz CT molecular complexity index is 479. The van der Waals surface area contributed by atoms with Crippen molar-refractivity contribution in [2.75, 3.05) is 23.7 Å². The number of carbonyl (C=O) groups is 1. The fraction of sp³-hybridized carbons (Fsp3) is 0.545. The molecule has 7 heteroatoms. The number of carbonyl (C=O) groups excluding carboxylic acids is 1. The van der Waals surface area contributed by atoms with E-state index < -0.39 is 0 Å². The van der Waals surface area contributed by atoms with Crippen LogP contribution in [-0.4, -0.2) is 29.0 Å². The molecule has 1 aromatic heterocycles. The lowest BCUT2D eigenvalue weighted by Crippen LogP contribution is -2.42. The number of halogens is 1. The van der Waals surface area contributed by atoms with E-state index in [1.807, 2.05) is 4.90 Å². The van der Waals surface area contributed by atoms with E-state index in [2.05, 4.69) is 9.97 Å². The standard InChI is InChI=1S/C11H16ClN5O/c1-6-8(13)10(16-11(12)15-6)17-4-2-3-7(5-17)9(14)18/h7H,2-5,13H2,1H3,(H2,14,18). The van der Waals surface area contributed by atoms with Crippen molar-refractivity contribution in [2.24, 2.45) is 11.7 Å². The summed E-state index contributed by atoms with van der Waals surface area (Å²) in [7, 11) is 0. The highest BCUT2D eigenvalue weighted by Crippen LogP contribution is 2.28. The van der Waals surface area contributed by atoms with Gasteiger partial charge in [0.1, 0.15) is 0 Å². The van der Waals surface area contributed by atoms with E-state index in [4.69, 9.17) is 23.1 Å². The van der Waals surface area contributed by atoms with E-state index in [0.29, 0.717) is 23.7 Å². The molecule has 0 spiro atoms. The Kier molecular flexibility index (Phi) is 3.56. The number of aryl methyl sites for hydroxylation is 1. The van der Waals surface area contributed by atoms with Crippen molar-refractivity contribution in [3.63, 3.8) is 0 Å². The van der Waals surface area contributed by atoms with E-state index in [1.165, 1.54) is 0 Å². The summed E-state index contributed by atoms with van der Waals surface area (Å²) in [5, 5.41) is 0.165. The number of aromatic nitrogens is 2. The average molecular weight is 270 g/mol. The molecule has 0 bridgehead atoms. The van der Waals surface area contributed by atoms with Crippen molar-refractivity contribution in [2.45, 2.75) is 19.8 Å². The third kappa shape index (κ3) is 2.48. The zero-order valence-corrected chi connectivity index (χ0v) is 10.9. The van der Waals surface area contributed by atoms with Crippen molar-refractivity contribution in [3.05, 3.63) is 11.0 Å². The summed E-state index contributed by atoms with van der Waals surface area (Å²) in [6.45, 7) is 3.11. The summed E-state index contributed by atoms with van der Waals surface area (Å²) in [4.78, 5) is 21.4. The van der Waals surface area contributed by atoms with Crippen LogP contribution in [0, 0.1) is 12.8 Å². The minimum atomic E-state index is -0.282. The van der Waals surface area contributed by atoms with Crippen LogP contribution < -0.4 is 16.4 Å². The second kappa shape index (κ2) is 4.97. The van der Waals surface area contributed by atoms with Crippen LogP contribution in [0.2, 0.25) is 5.28 Å². The van der Waals surface area contributed by atoms with Gasteiger partial charge in [-0.05, 0) is 31.4 Å². The number of rotatable bonds is 2. The van der Waals surface area contributed by atoms with Gasteiger partial charge in [0.2, 0.25) is 11.2 Å². The van der Waals surface area contributed by atoms with Crippen molar-refractivity contribution < 1.29 is 4.79 Å². The molecule has 0 radical (unpaired) electrons.